The summed E-state index contributed by atoms with van der Waals surface area (Å²) in [6.45, 7) is 2.94. The Morgan fingerprint density at radius 2 is 2.00 bits per heavy atom. The zero-order valence-electron chi connectivity index (χ0n) is 10.8. The van der Waals surface area contributed by atoms with Crippen LogP contribution in [0.15, 0.2) is 18.2 Å². The number of unbranched alkanes of at least 4 members (excludes halogenated alkanes) is 3. The highest BCUT2D eigenvalue weighted by Gasteiger charge is 2.11. The van der Waals surface area contributed by atoms with Gasteiger partial charge in [0.15, 0.2) is 0 Å². The fourth-order valence-electron chi connectivity index (χ4n) is 1.74. The molecule has 1 amide bonds. The Kier molecular flexibility index (Phi) is 6.36. The molecular weight excluding hydrogens is 231 g/mol. The van der Waals surface area contributed by atoms with Crippen molar-refractivity contribution in [2.24, 2.45) is 5.73 Å². The van der Waals surface area contributed by atoms with Crippen LogP contribution in [0.1, 0.15) is 41.6 Å². The highest BCUT2D eigenvalue weighted by atomic mass is 19.1. The van der Waals surface area contributed by atoms with Crippen molar-refractivity contribution in [3.63, 3.8) is 0 Å². The first-order chi connectivity index (χ1) is 8.66. The van der Waals surface area contributed by atoms with Gasteiger partial charge in [0.1, 0.15) is 5.82 Å². The molecule has 0 radical (unpaired) electrons. The largest absolute Gasteiger partial charge is 0.352 e. The van der Waals surface area contributed by atoms with Crippen LogP contribution in [0.25, 0.3) is 0 Å². The van der Waals surface area contributed by atoms with Crippen LogP contribution in [0.3, 0.4) is 0 Å². The molecule has 0 atom stereocenters. The van der Waals surface area contributed by atoms with Crippen LogP contribution in [0, 0.1) is 12.7 Å². The maximum absolute atomic E-state index is 13.7. The van der Waals surface area contributed by atoms with Crippen molar-refractivity contribution < 1.29 is 9.18 Å². The Balaban J connectivity index is 2.35. The van der Waals surface area contributed by atoms with Gasteiger partial charge in [0, 0.05) is 6.54 Å². The van der Waals surface area contributed by atoms with Gasteiger partial charge in [-0.15, -0.1) is 0 Å². The van der Waals surface area contributed by atoms with Crippen LogP contribution >= 0.6 is 0 Å². The maximum atomic E-state index is 13.7. The second kappa shape index (κ2) is 7.82. The second-order valence-electron chi connectivity index (χ2n) is 4.40. The first-order valence-corrected chi connectivity index (χ1v) is 6.40. The van der Waals surface area contributed by atoms with Crippen molar-refractivity contribution in [1.29, 1.82) is 0 Å². The Morgan fingerprint density at radius 1 is 1.28 bits per heavy atom. The van der Waals surface area contributed by atoms with Crippen LogP contribution in [-0.4, -0.2) is 19.0 Å². The molecule has 0 saturated carbocycles. The van der Waals surface area contributed by atoms with Crippen molar-refractivity contribution >= 4 is 5.91 Å². The summed E-state index contributed by atoms with van der Waals surface area (Å²) >= 11 is 0. The average Bonchev–Trinajstić information content (AvgIpc) is 2.36. The third kappa shape index (κ3) is 4.45. The van der Waals surface area contributed by atoms with Crippen LogP contribution in [0.5, 0.6) is 0 Å². The quantitative estimate of drug-likeness (QED) is 0.732. The number of amides is 1. The number of hydrogen-bond acceptors (Lipinski definition) is 2. The van der Waals surface area contributed by atoms with E-state index in [4.69, 9.17) is 5.73 Å². The van der Waals surface area contributed by atoms with E-state index in [0.717, 1.165) is 25.7 Å². The van der Waals surface area contributed by atoms with Crippen molar-refractivity contribution in [3.05, 3.63) is 35.1 Å². The minimum atomic E-state index is -0.432. The lowest BCUT2D eigenvalue weighted by Gasteiger charge is -2.07. The summed E-state index contributed by atoms with van der Waals surface area (Å²) in [6, 6.07) is 4.85. The molecule has 1 aromatic rings. The summed E-state index contributed by atoms with van der Waals surface area (Å²) in [4.78, 5) is 11.7. The van der Waals surface area contributed by atoms with E-state index in [1.807, 2.05) is 0 Å². The van der Waals surface area contributed by atoms with Crippen molar-refractivity contribution in [1.82, 2.24) is 5.32 Å². The van der Waals surface area contributed by atoms with Gasteiger partial charge in [0.25, 0.3) is 5.91 Å². The number of carbonyl (C=O) groups excluding carboxylic acids is 1. The lowest BCUT2D eigenvalue weighted by Crippen LogP contribution is -2.25. The second-order valence-corrected chi connectivity index (χ2v) is 4.40. The minimum Gasteiger partial charge on any atom is -0.352 e. The Bertz CT molecular complexity index is 393. The third-order valence-electron chi connectivity index (χ3n) is 2.85. The number of rotatable bonds is 7. The predicted molar refractivity (Wildman–Crippen MR) is 71.0 cm³/mol. The summed E-state index contributed by atoms with van der Waals surface area (Å²) < 4.78 is 13.7. The third-order valence-corrected chi connectivity index (χ3v) is 2.85. The van der Waals surface area contributed by atoms with E-state index in [1.54, 1.807) is 19.1 Å². The topological polar surface area (TPSA) is 55.1 Å². The standard InChI is InChI=1S/C14H21FN2O/c1-11-7-6-8-12(13(11)15)14(18)17-10-5-3-2-4-9-16/h6-8H,2-5,9-10,16H2,1H3,(H,17,18). The number of hydrogen-bond donors (Lipinski definition) is 2. The summed E-state index contributed by atoms with van der Waals surface area (Å²) in [5.41, 5.74) is 6.00. The Hall–Kier alpha value is -1.42. The minimum absolute atomic E-state index is 0.122. The van der Waals surface area contributed by atoms with Gasteiger partial charge in [-0.25, -0.2) is 4.39 Å². The summed E-state index contributed by atoms with van der Waals surface area (Å²) in [7, 11) is 0. The monoisotopic (exact) mass is 252 g/mol. The maximum Gasteiger partial charge on any atom is 0.254 e. The van der Waals surface area contributed by atoms with Gasteiger partial charge in [-0.3, -0.25) is 4.79 Å². The first-order valence-electron chi connectivity index (χ1n) is 6.40. The molecule has 3 N–H and O–H groups in total. The van der Waals surface area contributed by atoms with E-state index in [1.165, 1.54) is 6.07 Å². The van der Waals surface area contributed by atoms with E-state index in [2.05, 4.69) is 5.32 Å². The smallest absolute Gasteiger partial charge is 0.254 e. The number of carbonyl (C=O) groups is 1. The SMILES string of the molecule is Cc1cccc(C(=O)NCCCCCCN)c1F. The van der Waals surface area contributed by atoms with Gasteiger partial charge >= 0.3 is 0 Å². The van der Waals surface area contributed by atoms with Gasteiger partial charge < -0.3 is 11.1 Å². The molecule has 0 heterocycles. The van der Waals surface area contributed by atoms with Gasteiger partial charge in [0.05, 0.1) is 5.56 Å². The van der Waals surface area contributed by atoms with E-state index in [-0.39, 0.29) is 11.5 Å². The van der Waals surface area contributed by atoms with E-state index >= 15 is 0 Å². The molecule has 0 saturated heterocycles. The molecule has 1 rings (SSSR count). The summed E-state index contributed by atoms with van der Waals surface area (Å²) in [5.74, 6) is -0.770. The zero-order chi connectivity index (χ0) is 13.4. The van der Waals surface area contributed by atoms with Gasteiger partial charge in [-0.05, 0) is 37.9 Å². The van der Waals surface area contributed by atoms with Crippen LogP contribution in [0.2, 0.25) is 0 Å². The van der Waals surface area contributed by atoms with Gasteiger partial charge in [0.2, 0.25) is 0 Å². The summed E-state index contributed by atoms with van der Waals surface area (Å²) in [5, 5.41) is 2.73. The molecule has 100 valence electrons. The molecule has 0 spiro atoms. The molecule has 0 aliphatic carbocycles. The number of aryl methyl sites for hydroxylation is 1. The lowest BCUT2D eigenvalue weighted by molar-refractivity contribution is 0.0948. The molecular formula is C14H21FN2O. The predicted octanol–water partition coefficient (Wildman–Crippen LogP) is 2.38. The van der Waals surface area contributed by atoms with Crippen molar-refractivity contribution in [2.75, 3.05) is 13.1 Å². The fourth-order valence-corrected chi connectivity index (χ4v) is 1.74. The van der Waals surface area contributed by atoms with E-state index in [9.17, 15) is 9.18 Å². The molecule has 0 unspecified atom stereocenters. The molecule has 0 fully saturated rings. The average molecular weight is 252 g/mol. The Morgan fingerprint density at radius 3 is 2.72 bits per heavy atom. The highest BCUT2D eigenvalue weighted by Crippen LogP contribution is 2.11. The van der Waals surface area contributed by atoms with Crippen LogP contribution < -0.4 is 11.1 Å². The van der Waals surface area contributed by atoms with Gasteiger partial charge in [-0.1, -0.05) is 25.0 Å². The molecule has 0 aliphatic rings. The normalized spacial score (nSPS) is 10.4. The first kappa shape index (κ1) is 14.6. The molecule has 3 nitrogen and oxygen atoms in total. The molecule has 0 bridgehead atoms. The molecule has 4 heteroatoms. The van der Waals surface area contributed by atoms with E-state index < -0.39 is 5.82 Å². The summed E-state index contributed by atoms with van der Waals surface area (Å²) in [6.07, 6.45) is 4.03. The number of nitrogens with one attached hydrogen (secondary N) is 1. The van der Waals surface area contributed by atoms with Crippen molar-refractivity contribution in [3.8, 4) is 0 Å². The lowest BCUT2D eigenvalue weighted by atomic mass is 10.1. The van der Waals surface area contributed by atoms with E-state index in [0.29, 0.717) is 18.7 Å². The number of halogens is 1. The molecule has 0 aliphatic heterocycles. The number of nitrogens with two attached hydrogens (primary N) is 1. The van der Waals surface area contributed by atoms with Crippen LogP contribution in [0.4, 0.5) is 4.39 Å². The fraction of sp³-hybridized carbons (Fsp3) is 0.500. The van der Waals surface area contributed by atoms with Crippen LogP contribution in [-0.2, 0) is 0 Å². The molecule has 0 aromatic heterocycles. The number of benzene rings is 1. The van der Waals surface area contributed by atoms with Crippen molar-refractivity contribution in [2.45, 2.75) is 32.6 Å². The van der Waals surface area contributed by atoms with Gasteiger partial charge in [-0.2, -0.15) is 0 Å². The molecule has 1 aromatic carbocycles. The zero-order valence-corrected chi connectivity index (χ0v) is 10.8. The highest BCUT2D eigenvalue weighted by molar-refractivity contribution is 5.94. The molecule has 18 heavy (non-hydrogen) atoms. The Labute approximate surface area is 108 Å².